The molecule has 1 aromatic carbocycles. The lowest BCUT2D eigenvalue weighted by Gasteiger charge is -2.34. The highest BCUT2D eigenvalue weighted by molar-refractivity contribution is 5.84. The summed E-state index contributed by atoms with van der Waals surface area (Å²) in [5.41, 5.74) is 0.969. The molecule has 2 heterocycles. The van der Waals surface area contributed by atoms with Gasteiger partial charge in [0, 0.05) is 32.7 Å². The molecule has 138 valence electrons. The molecule has 2 aliphatic rings. The number of benzene rings is 1. The molecule has 5 heteroatoms. The summed E-state index contributed by atoms with van der Waals surface area (Å²) in [6.45, 7) is 8.69. The summed E-state index contributed by atoms with van der Waals surface area (Å²) in [6.07, 6.45) is 8.36. The fraction of sp³-hybridized carbons (Fsp3) is 0.524. The predicted octanol–water partition coefficient (Wildman–Crippen LogP) is 3.65. The number of aromatic nitrogens is 2. The minimum absolute atomic E-state index is 0.291. The van der Waals surface area contributed by atoms with Gasteiger partial charge in [-0.15, -0.1) is 6.58 Å². The van der Waals surface area contributed by atoms with Gasteiger partial charge >= 0.3 is 0 Å². The molecule has 2 fully saturated rings. The fourth-order valence-electron chi connectivity index (χ4n) is 3.92. The number of para-hydroxylation sites is 1. The lowest BCUT2D eigenvalue weighted by Crippen LogP contribution is -2.47. The third-order valence-electron chi connectivity index (χ3n) is 5.43. The first-order valence-electron chi connectivity index (χ1n) is 9.85. The van der Waals surface area contributed by atoms with E-state index in [1.807, 2.05) is 18.2 Å². The van der Waals surface area contributed by atoms with Gasteiger partial charge in [-0.1, -0.05) is 24.6 Å². The zero-order valence-electron chi connectivity index (χ0n) is 15.4. The van der Waals surface area contributed by atoms with Crippen molar-refractivity contribution in [2.75, 3.05) is 37.6 Å². The third-order valence-corrected chi connectivity index (χ3v) is 5.43. The normalized spacial score (nSPS) is 19.6. The van der Waals surface area contributed by atoms with Gasteiger partial charge < -0.3 is 9.64 Å². The van der Waals surface area contributed by atoms with Crippen LogP contribution in [0.4, 0.5) is 5.95 Å². The van der Waals surface area contributed by atoms with E-state index in [0.717, 1.165) is 68.3 Å². The number of ether oxygens (including phenoxy) is 1. The highest BCUT2D eigenvalue weighted by Crippen LogP contribution is 2.29. The monoisotopic (exact) mass is 352 g/mol. The number of piperazine rings is 1. The van der Waals surface area contributed by atoms with Crippen LogP contribution in [0.3, 0.4) is 0 Å². The van der Waals surface area contributed by atoms with E-state index in [-0.39, 0.29) is 0 Å². The Kier molecular flexibility index (Phi) is 5.34. The second-order valence-electron chi connectivity index (χ2n) is 7.30. The summed E-state index contributed by atoms with van der Waals surface area (Å²) in [5.74, 6) is 1.55. The maximum Gasteiger partial charge on any atom is 0.229 e. The van der Waals surface area contributed by atoms with Crippen molar-refractivity contribution in [2.24, 2.45) is 0 Å². The minimum atomic E-state index is 0.291. The summed E-state index contributed by atoms with van der Waals surface area (Å²) < 4.78 is 6.36. The molecule has 26 heavy (non-hydrogen) atoms. The molecule has 0 amide bonds. The molecule has 5 nitrogen and oxygen atoms in total. The van der Waals surface area contributed by atoms with E-state index in [9.17, 15) is 0 Å². The molecular formula is C21H28N4O. The molecule has 0 N–H and O–H groups in total. The number of hydrogen-bond donors (Lipinski definition) is 0. The average molecular weight is 352 g/mol. The van der Waals surface area contributed by atoms with Crippen molar-refractivity contribution in [1.29, 1.82) is 0 Å². The molecule has 1 saturated carbocycles. The topological polar surface area (TPSA) is 41.5 Å². The van der Waals surface area contributed by atoms with Gasteiger partial charge in [0.25, 0.3) is 0 Å². The van der Waals surface area contributed by atoms with E-state index < -0.39 is 0 Å². The second kappa shape index (κ2) is 8.04. The summed E-state index contributed by atoms with van der Waals surface area (Å²) in [5, 5.41) is 1.02. The molecule has 0 radical (unpaired) electrons. The molecule has 1 saturated heterocycles. The van der Waals surface area contributed by atoms with Crippen LogP contribution < -0.4 is 9.64 Å². The van der Waals surface area contributed by atoms with E-state index in [2.05, 4.69) is 28.5 Å². The largest absolute Gasteiger partial charge is 0.474 e. The number of fused-ring (bicyclic) bond motifs is 1. The maximum atomic E-state index is 6.36. The number of rotatable bonds is 5. The van der Waals surface area contributed by atoms with Crippen molar-refractivity contribution in [1.82, 2.24) is 14.9 Å². The SMILES string of the molecule is C=CCN1CCN(c2nc(OC3CCCCC3)c3ccccc3n2)CC1. The third kappa shape index (κ3) is 3.83. The molecule has 0 spiro atoms. The van der Waals surface area contributed by atoms with Crippen LogP contribution in [0.5, 0.6) is 5.88 Å². The zero-order chi connectivity index (χ0) is 17.8. The first-order chi connectivity index (χ1) is 12.8. The second-order valence-corrected chi connectivity index (χ2v) is 7.30. The minimum Gasteiger partial charge on any atom is -0.474 e. The lowest BCUT2D eigenvalue weighted by atomic mass is 9.98. The van der Waals surface area contributed by atoms with Gasteiger partial charge in [0.05, 0.1) is 10.9 Å². The van der Waals surface area contributed by atoms with E-state index in [0.29, 0.717) is 6.10 Å². The van der Waals surface area contributed by atoms with E-state index >= 15 is 0 Å². The van der Waals surface area contributed by atoms with Crippen LogP contribution in [-0.4, -0.2) is 53.7 Å². The Balaban J connectivity index is 1.58. The van der Waals surface area contributed by atoms with Crippen molar-refractivity contribution in [3.63, 3.8) is 0 Å². The summed E-state index contributed by atoms with van der Waals surface area (Å²) >= 11 is 0. The fourth-order valence-corrected chi connectivity index (χ4v) is 3.92. The van der Waals surface area contributed by atoms with Gasteiger partial charge in [0.15, 0.2) is 0 Å². The van der Waals surface area contributed by atoms with Gasteiger partial charge in [-0.05, 0) is 37.8 Å². The first-order valence-corrected chi connectivity index (χ1v) is 9.85. The molecule has 0 atom stereocenters. The Morgan fingerprint density at radius 1 is 1.04 bits per heavy atom. The van der Waals surface area contributed by atoms with Gasteiger partial charge in [-0.3, -0.25) is 4.90 Å². The van der Waals surface area contributed by atoms with Crippen molar-refractivity contribution >= 4 is 16.9 Å². The van der Waals surface area contributed by atoms with Gasteiger partial charge in [-0.25, -0.2) is 4.98 Å². The Labute approximate surface area is 155 Å². The van der Waals surface area contributed by atoms with Crippen LogP contribution >= 0.6 is 0 Å². The zero-order valence-corrected chi connectivity index (χ0v) is 15.4. The van der Waals surface area contributed by atoms with Crippen LogP contribution in [-0.2, 0) is 0 Å². The molecule has 0 unspecified atom stereocenters. The van der Waals surface area contributed by atoms with Crippen LogP contribution in [0.1, 0.15) is 32.1 Å². The van der Waals surface area contributed by atoms with E-state index in [4.69, 9.17) is 14.7 Å². The lowest BCUT2D eigenvalue weighted by molar-refractivity contribution is 0.151. The maximum absolute atomic E-state index is 6.36. The Bertz CT molecular complexity index is 749. The molecule has 1 aliphatic carbocycles. The van der Waals surface area contributed by atoms with Crippen molar-refractivity contribution in [3.05, 3.63) is 36.9 Å². The van der Waals surface area contributed by atoms with Crippen LogP contribution in [0.25, 0.3) is 10.9 Å². The summed E-state index contributed by atoms with van der Waals surface area (Å²) in [7, 11) is 0. The summed E-state index contributed by atoms with van der Waals surface area (Å²) in [6, 6.07) is 8.19. The number of nitrogens with zero attached hydrogens (tertiary/aromatic N) is 4. The van der Waals surface area contributed by atoms with Crippen molar-refractivity contribution in [2.45, 2.75) is 38.2 Å². The average Bonchev–Trinajstić information content (AvgIpc) is 2.69. The predicted molar refractivity (Wildman–Crippen MR) is 106 cm³/mol. The molecule has 2 aromatic rings. The standard InChI is InChI=1S/C21H28N4O/c1-2-12-24-13-15-25(16-14-24)21-22-19-11-7-6-10-18(19)20(23-21)26-17-8-4-3-5-9-17/h2,6-7,10-11,17H,1,3-5,8-9,12-16H2. The van der Waals surface area contributed by atoms with Crippen LogP contribution in [0.2, 0.25) is 0 Å². The van der Waals surface area contributed by atoms with E-state index in [1.54, 1.807) is 0 Å². The van der Waals surface area contributed by atoms with Crippen LogP contribution in [0, 0.1) is 0 Å². The number of anilines is 1. The highest BCUT2D eigenvalue weighted by Gasteiger charge is 2.22. The van der Waals surface area contributed by atoms with Gasteiger partial charge in [-0.2, -0.15) is 4.98 Å². The van der Waals surface area contributed by atoms with Crippen molar-refractivity contribution in [3.8, 4) is 5.88 Å². The Morgan fingerprint density at radius 3 is 2.58 bits per heavy atom. The van der Waals surface area contributed by atoms with E-state index in [1.165, 1.54) is 19.3 Å². The van der Waals surface area contributed by atoms with Gasteiger partial charge in [0.2, 0.25) is 11.8 Å². The molecule has 4 rings (SSSR count). The van der Waals surface area contributed by atoms with Gasteiger partial charge in [0.1, 0.15) is 6.10 Å². The smallest absolute Gasteiger partial charge is 0.229 e. The quantitative estimate of drug-likeness (QED) is 0.769. The summed E-state index contributed by atoms with van der Waals surface area (Å²) in [4.78, 5) is 14.3. The van der Waals surface area contributed by atoms with Crippen LogP contribution in [0.15, 0.2) is 36.9 Å². The highest BCUT2D eigenvalue weighted by atomic mass is 16.5. The van der Waals surface area contributed by atoms with Crippen molar-refractivity contribution < 1.29 is 4.74 Å². The molecular weight excluding hydrogens is 324 g/mol. The molecule has 1 aliphatic heterocycles. The Hall–Kier alpha value is -2.14. The first kappa shape index (κ1) is 17.3. The number of hydrogen-bond acceptors (Lipinski definition) is 5. The molecule has 0 bridgehead atoms. The Morgan fingerprint density at radius 2 is 1.81 bits per heavy atom. The molecule has 1 aromatic heterocycles.